The van der Waals surface area contributed by atoms with E-state index < -0.39 is 5.97 Å². The molecule has 21 heavy (non-hydrogen) atoms. The fraction of sp³-hybridized carbons (Fsp3) is 0.944. The van der Waals surface area contributed by atoms with E-state index in [1.54, 1.807) is 0 Å². The van der Waals surface area contributed by atoms with Crippen molar-refractivity contribution in [1.29, 1.82) is 0 Å². The second-order valence-electron chi connectivity index (χ2n) is 6.66. The molecular formula is C18H37NO2. The Hall–Kier alpha value is -0.570. The minimum absolute atomic E-state index is 0.372. The zero-order chi connectivity index (χ0) is 15.9. The van der Waals surface area contributed by atoms with E-state index in [2.05, 4.69) is 26.1 Å². The van der Waals surface area contributed by atoms with Crippen molar-refractivity contribution in [2.75, 3.05) is 6.54 Å². The summed E-state index contributed by atoms with van der Waals surface area (Å²) in [6, 6.07) is -0.372. The average Bonchev–Trinajstić information content (AvgIpc) is 2.42. The van der Waals surface area contributed by atoms with Crippen molar-refractivity contribution < 1.29 is 9.90 Å². The molecule has 0 aromatic rings. The summed E-state index contributed by atoms with van der Waals surface area (Å²) in [5, 5.41) is 12.3. The predicted octanol–water partition coefficient (Wildman–Crippen LogP) is 5.00. The van der Waals surface area contributed by atoms with E-state index in [1.165, 1.54) is 57.8 Å². The minimum Gasteiger partial charge on any atom is -0.480 e. The van der Waals surface area contributed by atoms with Crippen LogP contribution >= 0.6 is 0 Å². The first-order chi connectivity index (χ1) is 10.1. The van der Waals surface area contributed by atoms with E-state index in [4.69, 9.17) is 5.11 Å². The third kappa shape index (κ3) is 14.1. The smallest absolute Gasteiger partial charge is 0.320 e. The third-order valence-corrected chi connectivity index (χ3v) is 3.93. The summed E-state index contributed by atoms with van der Waals surface area (Å²) in [6.45, 7) is 7.22. The number of hydrogen-bond acceptors (Lipinski definition) is 2. The molecule has 0 radical (unpaired) electrons. The van der Waals surface area contributed by atoms with Gasteiger partial charge < -0.3 is 10.4 Å². The molecule has 0 aromatic carbocycles. The topological polar surface area (TPSA) is 49.3 Å². The normalized spacial score (nSPS) is 12.8. The molecule has 1 atom stereocenters. The molecule has 126 valence electrons. The Morgan fingerprint density at radius 3 is 1.81 bits per heavy atom. The van der Waals surface area contributed by atoms with Gasteiger partial charge >= 0.3 is 5.97 Å². The van der Waals surface area contributed by atoms with Crippen molar-refractivity contribution in [3.63, 3.8) is 0 Å². The Morgan fingerprint density at radius 1 is 0.905 bits per heavy atom. The number of carbonyl (C=O) groups is 1. The quantitative estimate of drug-likeness (QED) is 0.418. The van der Waals surface area contributed by atoms with Gasteiger partial charge in [-0.3, -0.25) is 4.79 Å². The van der Waals surface area contributed by atoms with Crippen LogP contribution in [0.3, 0.4) is 0 Å². The van der Waals surface area contributed by atoms with Crippen LogP contribution in [0.15, 0.2) is 0 Å². The minimum atomic E-state index is -0.712. The summed E-state index contributed by atoms with van der Waals surface area (Å²) in [4.78, 5) is 11.1. The van der Waals surface area contributed by atoms with Crippen molar-refractivity contribution in [2.24, 2.45) is 5.92 Å². The number of nitrogens with one attached hydrogen (secondary N) is 1. The fourth-order valence-corrected chi connectivity index (χ4v) is 2.63. The SMILES string of the molecule is CCCCCCCCCCCCN[C@@H](CC(C)C)C(=O)O. The van der Waals surface area contributed by atoms with Crippen LogP contribution in [0.25, 0.3) is 0 Å². The molecule has 0 fully saturated rings. The summed E-state index contributed by atoms with van der Waals surface area (Å²) >= 11 is 0. The highest BCUT2D eigenvalue weighted by molar-refractivity contribution is 5.73. The highest BCUT2D eigenvalue weighted by Gasteiger charge is 2.17. The van der Waals surface area contributed by atoms with E-state index in [-0.39, 0.29) is 6.04 Å². The largest absolute Gasteiger partial charge is 0.480 e. The van der Waals surface area contributed by atoms with E-state index in [0.29, 0.717) is 12.3 Å². The molecule has 0 aromatic heterocycles. The van der Waals surface area contributed by atoms with Crippen LogP contribution < -0.4 is 5.32 Å². The molecule has 0 aliphatic carbocycles. The third-order valence-electron chi connectivity index (χ3n) is 3.93. The maximum atomic E-state index is 11.1. The summed E-state index contributed by atoms with van der Waals surface area (Å²) in [7, 11) is 0. The molecule has 2 N–H and O–H groups in total. The summed E-state index contributed by atoms with van der Waals surface area (Å²) < 4.78 is 0. The zero-order valence-electron chi connectivity index (χ0n) is 14.5. The second-order valence-corrected chi connectivity index (χ2v) is 6.66. The average molecular weight is 299 g/mol. The van der Waals surface area contributed by atoms with E-state index >= 15 is 0 Å². The Kier molecular flexibility index (Phi) is 14.0. The van der Waals surface area contributed by atoms with Gasteiger partial charge in [0.2, 0.25) is 0 Å². The number of rotatable bonds is 15. The highest BCUT2D eigenvalue weighted by Crippen LogP contribution is 2.10. The Labute approximate surface area is 131 Å². The van der Waals surface area contributed by atoms with Crippen molar-refractivity contribution in [1.82, 2.24) is 5.32 Å². The lowest BCUT2D eigenvalue weighted by molar-refractivity contribution is -0.139. The fourth-order valence-electron chi connectivity index (χ4n) is 2.63. The molecule has 0 rings (SSSR count). The summed E-state index contributed by atoms with van der Waals surface area (Å²) in [6.07, 6.45) is 13.9. The first-order valence-corrected chi connectivity index (χ1v) is 9.04. The maximum Gasteiger partial charge on any atom is 0.320 e. The molecule has 0 spiro atoms. The van der Waals surface area contributed by atoms with Crippen LogP contribution in [-0.4, -0.2) is 23.7 Å². The first-order valence-electron chi connectivity index (χ1n) is 9.04. The van der Waals surface area contributed by atoms with Gasteiger partial charge in [-0.25, -0.2) is 0 Å². The molecule has 0 saturated carbocycles. The first kappa shape index (κ1) is 20.4. The van der Waals surface area contributed by atoms with Crippen molar-refractivity contribution in [3.05, 3.63) is 0 Å². The molecular weight excluding hydrogens is 262 g/mol. The van der Waals surface area contributed by atoms with E-state index in [1.807, 2.05) is 0 Å². The van der Waals surface area contributed by atoms with E-state index in [9.17, 15) is 4.79 Å². The van der Waals surface area contributed by atoms with Gasteiger partial charge in [0, 0.05) is 0 Å². The van der Waals surface area contributed by atoms with Gasteiger partial charge in [0.15, 0.2) is 0 Å². The predicted molar refractivity (Wildman–Crippen MR) is 90.7 cm³/mol. The van der Waals surface area contributed by atoms with Gasteiger partial charge in [0.25, 0.3) is 0 Å². The summed E-state index contributed by atoms with van der Waals surface area (Å²) in [5.74, 6) is -0.290. The molecule has 0 aliphatic rings. The Balaban J connectivity index is 3.36. The van der Waals surface area contributed by atoms with Gasteiger partial charge in [-0.2, -0.15) is 0 Å². The summed E-state index contributed by atoms with van der Waals surface area (Å²) in [5.41, 5.74) is 0. The van der Waals surface area contributed by atoms with Gasteiger partial charge in [0.1, 0.15) is 6.04 Å². The Morgan fingerprint density at radius 2 is 1.38 bits per heavy atom. The van der Waals surface area contributed by atoms with Crippen LogP contribution in [0.2, 0.25) is 0 Å². The number of carboxylic acid groups (broad SMARTS) is 1. The molecule has 0 heterocycles. The van der Waals surface area contributed by atoms with Crippen LogP contribution in [0.1, 0.15) is 91.4 Å². The molecule has 0 saturated heterocycles. The number of unbranched alkanes of at least 4 members (excludes halogenated alkanes) is 9. The number of hydrogen-bond donors (Lipinski definition) is 2. The number of aliphatic carboxylic acids is 1. The van der Waals surface area contributed by atoms with Crippen molar-refractivity contribution >= 4 is 5.97 Å². The lowest BCUT2D eigenvalue weighted by Gasteiger charge is -2.16. The molecule has 0 aliphatic heterocycles. The van der Waals surface area contributed by atoms with Gasteiger partial charge in [-0.15, -0.1) is 0 Å². The lowest BCUT2D eigenvalue weighted by atomic mass is 10.0. The molecule has 0 unspecified atom stereocenters. The van der Waals surface area contributed by atoms with E-state index in [0.717, 1.165) is 13.0 Å². The van der Waals surface area contributed by atoms with Crippen LogP contribution in [0.4, 0.5) is 0 Å². The molecule has 3 nitrogen and oxygen atoms in total. The van der Waals surface area contributed by atoms with Gasteiger partial charge in [-0.05, 0) is 25.3 Å². The molecule has 3 heteroatoms. The van der Waals surface area contributed by atoms with Crippen LogP contribution in [0.5, 0.6) is 0 Å². The van der Waals surface area contributed by atoms with Crippen LogP contribution in [-0.2, 0) is 4.79 Å². The maximum absolute atomic E-state index is 11.1. The highest BCUT2D eigenvalue weighted by atomic mass is 16.4. The molecule has 0 amide bonds. The number of carboxylic acids is 1. The lowest BCUT2D eigenvalue weighted by Crippen LogP contribution is -2.38. The second kappa shape index (κ2) is 14.4. The standard InChI is InChI=1S/C18H37NO2/c1-4-5-6-7-8-9-10-11-12-13-14-19-17(18(20)21)15-16(2)3/h16-17,19H,4-15H2,1-3H3,(H,20,21)/t17-/m0/s1. The van der Waals surface area contributed by atoms with Gasteiger partial charge in [-0.1, -0.05) is 78.6 Å². The van der Waals surface area contributed by atoms with Crippen molar-refractivity contribution in [2.45, 2.75) is 97.4 Å². The monoisotopic (exact) mass is 299 g/mol. The molecule has 0 bridgehead atoms. The van der Waals surface area contributed by atoms with Crippen LogP contribution in [0, 0.1) is 5.92 Å². The van der Waals surface area contributed by atoms with Crippen molar-refractivity contribution in [3.8, 4) is 0 Å². The zero-order valence-corrected chi connectivity index (χ0v) is 14.5. The van der Waals surface area contributed by atoms with Gasteiger partial charge in [0.05, 0.1) is 0 Å². The Bertz CT molecular complexity index is 241.